The van der Waals surface area contributed by atoms with Crippen LogP contribution in [-0.2, 0) is 4.74 Å². The number of rotatable bonds is 4. The molecule has 3 aromatic rings. The predicted octanol–water partition coefficient (Wildman–Crippen LogP) is 2.36. The third-order valence-electron chi connectivity index (χ3n) is 3.84. The smallest absolute Gasteiger partial charge is 0.259 e. The zero-order valence-electron chi connectivity index (χ0n) is 13.2. The van der Waals surface area contributed by atoms with Crippen molar-refractivity contribution in [2.75, 3.05) is 29.9 Å². The highest BCUT2D eigenvalue weighted by Crippen LogP contribution is 2.25. The molecular weight excluding hydrogens is 342 g/mol. The third-order valence-corrected chi connectivity index (χ3v) is 4.45. The lowest BCUT2D eigenvalue weighted by atomic mass is 10.2. The Bertz CT molecular complexity index is 820. The maximum absolute atomic E-state index is 12.1. The normalized spacial score (nSPS) is 17.4. The van der Waals surface area contributed by atoms with Crippen LogP contribution in [0.2, 0.25) is 0 Å². The number of carbonyl (C=O) groups excluding carboxylic acids is 1. The van der Waals surface area contributed by atoms with E-state index in [4.69, 9.17) is 9.15 Å². The van der Waals surface area contributed by atoms with E-state index in [1.807, 2.05) is 18.2 Å². The van der Waals surface area contributed by atoms with Crippen LogP contribution >= 0.6 is 11.3 Å². The summed E-state index contributed by atoms with van der Waals surface area (Å²) in [5.41, 5.74) is 2.03. The van der Waals surface area contributed by atoms with Gasteiger partial charge in [0.25, 0.3) is 5.91 Å². The number of hydrogen-bond donors (Lipinski definition) is 1. The number of anilines is 2. The molecule has 0 saturated carbocycles. The van der Waals surface area contributed by atoms with E-state index in [2.05, 4.69) is 25.4 Å². The Hall–Kier alpha value is -2.78. The zero-order chi connectivity index (χ0) is 17.1. The van der Waals surface area contributed by atoms with E-state index in [0.717, 1.165) is 18.1 Å². The number of pyridine rings is 1. The molecule has 9 heteroatoms. The molecule has 1 aliphatic heterocycles. The molecule has 1 N–H and O–H groups in total. The number of amides is 1. The van der Waals surface area contributed by atoms with Gasteiger partial charge in [0, 0.05) is 12.7 Å². The molecule has 128 valence electrons. The summed E-state index contributed by atoms with van der Waals surface area (Å²) in [4.78, 5) is 18.7. The predicted molar refractivity (Wildman–Crippen MR) is 91.7 cm³/mol. The number of ether oxygens (including phenoxy) is 1. The van der Waals surface area contributed by atoms with Crippen LogP contribution in [0.5, 0.6) is 0 Å². The molecule has 3 aromatic heterocycles. The molecule has 8 nitrogen and oxygen atoms in total. The molecule has 0 spiro atoms. The van der Waals surface area contributed by atoms with Crippen molar-refractivity contribution in [3.05, 3.63) is 53.6 Å². The quantitative estimate of drug-likeness (QED) is 0.766. The monoisotopic (exact) mass is 357 g/mol. The SMILES string of the molecule is O=C(Nc1nncs1)c1ccc(N2CCOC(c3ccco3)C2)nc1. The van der Waals surface area contributed by atoms with Gasteiger partial charge in [0.15, 0.2) is 0 Å². The van der Waals surface area contributed by atoms with Crippen LogP contribution in [-0.4, -0.2) is 40.8 Å². The summed E-state index contributed by atoms with van der Waals surface area (Å²) in [6.07, 6.45) is 3.08. The lowest BCUT2D eigenvalue weighted by Gasteiger charge is -2.32. The number of aromatic nitrogens is 3. The average Bonchev–Trinajstić information content (AvgIpc) is 3.36. The molecular formula is C16H15N5O3S. The average molecular weight is 357 g/mol. The number of carbonyl (C=O) groups is 1. The van der Waals surface area contributed by atoms with Gasteiger partial charge in [-0.05, 0) is 24.3 Å². The summed E-state index contributed by atoms with van der Waals surface area (Å²) in [5, 5.41) is 10.6. The topological polar surface area (TPSA) is 93.4 Å². The van der Waals surface area contributed by atoms with Crippen molar-refractivity contribution in [1.29, 1.82) is 0 Å². The van der Waals surface area contributed by atoms with Gasteiger partial charge >= 0.3 is 0 Å². The molecule has 1 fully saturated rings. The Morgan fingerprint density at radius 2 is 2.32 bits per heavy atom. The lowest BCUT2D eigenvalue weighted by Crippen LogP contribution is -2.38. The van der Waals surface area contributed by atoms with Gasteiger partial charge in [0.05, 0.1) is 25.0 Å². The van der Waals surface area contributed by atoms with Crippen molar-refractivity contribution in [2.24, 2.45) is 0 Å². The molecule has 0 bridgehead atoms. The van der Waals surface area contributed by atoms with E-state index in [-0.39, 0.29) is 12.0 Å². The van der Waals surface area contributed by atoms with Crippen LogP contribution < -0.4 is 10.2 Å². The van der Waals surface area contributed by atoms with Gasteiger partial charge in [-0.25, -0.2) is 4.98 Å². The number of morpholine rings is 1. The second-order valence-electron chi connectivity index (χ2n) is 5.42. The van der Waals surface area contributed by atoms with Crippen molar-refractivity contribution in [2.45, 2.75) is 6.10 Å². The molecule has 0 aliphatic carbocycles. The summed E-state index contributed by atoms with van der Waals surface area (Å²) in [6.45, 7) is 1.98. The van der Waals surface area contributed by atoms with E-state index in [1.54, 1.807) is 24.0 Å². The number of nitrogens with zero attached hydrogens (tertiary/aromatic N) is 4. The minimum atomic E-state index is -0.258. The Morgan fingerprint density at radius 3 is 3.04 bits per heavy atom. The Morgan fingerprint density at radius 1 is 1.36 bits per heavy atom. The van der Waals surface area contributed by atoms with Gasteiger partial charge in [-0.2, -0.15) is 0 Å². The van der Waals surface area contributed by atoms with Gasteiger partial charge in [0.1, 0.15) is 23.2 Å². The van der Waals surface area contributed by atoms with Crippen molar-refractivity contribution < 1.29 is 13.9 Å². The van der Waals surface area contributed by atoms with Gasteiger partial charge in [-0.1, -0.05) is 11.3 Å². The third kappa shape index (κ3) is 3.52. The van der Waals surface area contributed by atoms with Gasteiger partial charge < -0.3 is 14.1 Å². The molecule has 1 unspecified atom stereocenters. The maximum atomic E-state index is 12.1. The van der Waals surface area contributed by atoms with E-state index >= 15 is 0 Å². The second-order valence-corrected chi connectivity index (χ2v) is 6.26. The highest BCUT2D eigenvalue weighted by Gasteiger charge is 2.24. The largest absolute Gasteiger partial charge is 0.467 e. The van der Waals surface area contributed by atoms with Crippen molar-refractivity contribution in [1.82, 2.24) is 15.2 Å². The van der Waals surface area contributed by atoms with E-state index in [0.29, 0.717) is 23.8 Å². The molecule has 1 atom stereocenters. The Kier molecular flexibility index (Phi) is 4.40. The fraction of sp³-hybridized carbons (Fsp3) is 0.250. The molecule has 1 aliphatic rings. The molecule has 4 rings (SSSR count). The summed E-state index contributed by atoms with van der Waals surface area (Å²) >= 11 is 1.27. The van der Waals surface area contributed by atoms with Crippen LogP contribution in [0.3, 0.4) is 0 Å². The maximum Gasteiger partial charge on any atom is 0.259 e. The van der Waals surface area contributed by atoms with Crippen LogP contribution in [0.15, 0.2) is 46.7 Å². The van der Waals surface area contributed by atoms with Crippen LogP contribution in [0, 0.1) is 0 Å². The fourth-order valence-corrected chi connectivity index (χ4v) is 3.05. The molecule has 0 radical (unpaired) electrons. The van der Waals surface area contributed by atoms with Gasteiger partial charge in [-0.3, -0.25) is 10.1 Å². The van der Waals surface area contributed by atoms with Crippen LogP contribution in [0.25, 0.3) is 0 Å². The summed E-state index contributed by atoms with van der Waals surface area (Å²) in [7, 11) is 0. The summed E-state index contributed by atoms with van der Waals surface area (Å²) < 4.78 is 11.2. The molecule has 4 heterocycles. The first kappa shape index (κ1) is 15.7. The first-order valence-electron chi connectivity index (χ1n) is 7.73. The van der Waals surface area contributed by atoms with E-state index < -0.39 is 0 Å². The Balaban J connectivity index is 1.43. The minimum Gasteiger partial charge on any atom is -0.467 e. The first-order chi connectivity index (χ1) is 12.3. The van der Waals surface area contributed by atoms with Crippen LogP contribution in [0.1, 0.15) is 22.2 Å². The second kappa shape index (κ2) is 6.99. The van der Waals surface area contributed by atoms with E-state index in [1.165, 1.54) is 11.3 Å². The van der Waals surface area contributed by atoms with Crippen molar-refractivity contribution in [3.63, 3.8) is 0 Å². The van der Waals surface area contributed by atoms with Crippen LogP contribution in [0.4, 0.5) is 10.9 Å². The van der Waals surface area contributed by atoms with Crippen molar-refractivity contribution in [3.8, 4) is 0 Å². The summed E-state index contributed by atoms with van der Waals surface area (Å²) in [5.74, 6) is 1.34. The minimum absolute atomic E-state index is 0.120. The lowest BCUT2D eigenvalue weighted by molar-refractivity contribution is 0.0255. The highest BCUT2D eigenvalue weighted by molar-refractivity contribution is 7.13. The Labute approximate surface area is 147 Å². The zero-order valence-corrected chi connectivity index (χ0v) is 14.0. The van der Waals surface area contributed by atoms with Gasteiger partial charge in [0.2, 0.25) is 5.13 Å². The van der Waals surface area contributed by atoms with Gasteiger partial charge in [-0.15, -0.1) is 10.2 Å². The molecule has 0 aromatic carbocycles. The standard InChI is InChI=1S/C16H15N5O3S/c22-15(19-16-20-18-10-25-16)11-3-4-14(17-8-11)21-5-7-24-13(9-21)12-2-1-6-23-12/h1-4,6,8,10,13H,5,7,9H2,(H,19,20,22). The fourth-order valence-electron chi connectivity index (χ4n) is 2.61. The first-order valence-corrected chi connectivity index (χ1v) is 8.61. The number of nitrogens with one attached hydrogen (secondary N) is 1. The number of furan rings is 1. The summed E-state index contributed by atoms with van der Waals surface area (Å²) in [6, 6.07) is 7.33. The highest BCUT2D eigenvalue weighted by atomic mass is 32.1. The number of hydrogen-bond acceptors (Lipinski definition) is 8. The van der Waals surface area contributed by atoms with E-state index in [9.17, 15) is 4.79 Å². The molecule has 1 saturated heterocycles. The molecule has 1 amide bonds. The van der Waals surface area contributed by atoms with Crippen molar-refractivity contribution >= 4 is 28.2 Å². The molecule has 25 heavy (non-hydrogen) atoms.